The van der Waals surface area contributed by atoms with Crippen molar-refractivity contribution in [3.05, 3.63) is 35.4 Å². The molecule has 1 aromatic carbocycles. The second-order valence-electron chi connectivity index (χ2n) is 5.07. The monoisotopic (exact) mass is 268 g/mol. The van der Waals surface area contributed by atoms with E-state index >= 15 is 0 Å². The first-order chi connectivity index (χ1) is 9.16. The van der Waals surface area contributed by atoms with E-state index in [1.54, 1.807) is 0 Å². The fourth-order valence-corrected chi connectivity index (χ4v) is 2.47. The summed E-state index contributed by atoms with van der Waals surface area (Å²) in [5.41, 5.74) is -0.106. The summed E-state index contributed by atoms with van der Waals surface area (Å²) >= 11 is 0. The van der Waals surface area contributed by atoms with Crippen LogP contribution in [0.5, 0.6) is 0 Å². The number of Topliss-reactive ketones (excluding diaryl/α,β-unsaturated/α-hetero) is 1. The van der Waals surface area contributed by atoms with Crippen LogP contribution >= 0.6 is 0 Å². The van der Waals surface area contributed by atoms with Crippen LogP contribution in [0.1, 0.15) is 42.5 Å². The van der Waals surface area contributed by atoms with Crippen LogP contribution in [-0.4, -0.2) is 19.0 Å². The van der Waals surface area contributed by atoms with E-state index in [0.29, 0.717) is 18.6 Å². The molecule has 1 saturated carbocycles. The third kappa shape index (κ3) is 4.10. The molecule has 0 radical (unpaired) electrons. The highest BCUT2D eigenvalue weighted by Gasteiger charge is 2.16. The minimum atomic E-state index is -0.828. The van der Waals surface area contributed by atoms with Crippen LogP contribution in [-0.2, 0) is 4.74 Å². The molecular weight excluding hydrogens is 250 g/mol. The summed E-state index contributed by atoms with van der Waals surface area (Å²) in [4.78, 5) is 11.7. The van der Waals surface area contributed by atoms with E-state index in [9.17, 15) is 13.6 Å². The average Bonchev–Trinajstić information content (AvgIpc) is 2.39. The Morgan fingerprint density at radius 3 is 2.63 bits per heavy atom. The predicted molar refractivity (Wildman–Crippen MR) is 68.1 cm³/mol. The van der Waals surface area contributed by atoms with Crippen molar-refractivity contribution in [1.29, 1.82) is 0 Å². The average molecular weight is 268 g/mol. The van der Waals surface area contributed by atoms with E-state index < -0.39 is 17.4 Å². The molecule has 0 aliphatic heterocycles. The van der Waals surface area contributed by atoms with E-state index in [4.69, 9.17) is 4.74 Å². The Morgan fingerprint density at radius 1 is 1.21 bits per heavy atom. The first-order valence-electron chi connectivity index (χ1n) is 6.73. The lowest BCUT2D eigenvalue weighted by Gasteiger charge is -2.21. The van der Waals surface area contributed by atoms with Crippen molar-refractivity contribution in [1.82, 2.24) is 0 Å². The van der Waals surface area contributed by atoms with Crippen LogP contribution in [0.3, 0.4) is 0 Å². The van der Waals surface area contributed by atoms with Crippen LogP contribution in [0.4, 0.5) is 8.78 Å². The zero-order chi connectivity index (χ0) is 13.7. The van der Waals surface area contributed by atoms with Gasteiger partial charge in [0.05, 0.1) is 12.2 Å². The molecule has 0 amide bonds. The topological polar surface area (TPSA) is 26.3 Å². The van der Waals surface area contributed by atoms with Gasteiger partial charge < -0.3 is 4.74 Å². The fourth-order valence-electron chi connectivity index (χ4n) is 2.47. The summed E-state index contributed by atoms with van der Waals surface area (Å²) in [5, 5.41) is 0. The first-order valence-corrected chi connectivity index (χ1v) is 6.73. The largest absolute Gasteiger partial charge is 0.373 e. The molecule has 0 spiro atoms. The minimum Gasteiger partial charge on any atom is -0.373 e. The highest BCUT2D eigenvalue weighted by molar-refractivity contribution is 5.97. The van der Waals surface area contributed by atoms with Crippen LogP contribution in [0.15, 0.2) is 18.2 Å². The van der Waals surface area contributed by atoms with Gasteiger partial charge in [0.25, 0.3) is 0 Å². The summed E-state index contributed by atoms with van der Waals surface area (Å²) in [6, 6.07) is 2.96. The van der Waals surface area contributed by atoms with Gasteiger partial charge in [0.1, 0.15) is 18.2 Å². The number of ether oxygens (including phenoxy) is 1. The van der Waals surface area contributed by atoms with Crippen molar-refractivity contribution < 1.29 is 18.3 Å². The van der Waals surface area contributed by atoms with Crippen molar-refractivity contribution in [2.75, 3.05) is 13.2 Å². The standard InChI is InChI=1S/C15H18F2O2/c16-12-6-7-13(14(17)8-12)15(18)10-19-9-11-4-2-1-3-5-11/h6-8,11H,1-5,9-10H2. The summed E-state index contributed by atoms with van der Waals surface area (Å²) in [7, 11) is 0. The zero-order valence-corrected chi connectivity index (χ0v) is 10.8. The quantitative estimate of drug-likeness (QED) is 0.760. The Balaban J connectivity index is 1.80. The van der Waals surface area contributed by atoms with Gasteiger partial charge in [-0.05, 0) is 30.9 Å². The number of ketones is 1. The van der Waals surface area contributed by atoms with Crippen LogP contribution in [0.25, 0.3) is 0 Å². The van der Waals surface area contributed by atoms with E-state index in [2.05, 4.69) is 0 Å². The molecule has 0 atom stereocenters. The number of hydrogen-bond acceptors (Lipinski definition) is 2. The Bertz CT molecular complexity index is 440. The molecule has 104 valence electrons. The molecule has 0 saturated heterocycles. The smallest absolute Gasteiger partial charge is 0.191 e. The van der Waals surface area contributed by atoms with Gasteiger partial charge in [-0.2, -0.15) is 0 Å². The van der Waals surface area contributed by atoms with Crippen LogP contribution in [0.2, 0.25) is 0 Å². The number of hydrogen-bond donors (Lipinski definition) is 0. The Kier molecular flexibility index (Phi) is 5.02. The maximum absolute atomic E-state index is 13.4. The second kappa shape index (κ2) is 6.75. The molecule has 1 aliphatic rings. The van der Waals surface area contributed by atoms with Crippen LogP contribution < -0.4 is 0 Å². The van der Waals surface area contributed by atoms with Gasteiger partial charge in [-0.1, -0.05) is 19.3 Å². The Labute approximate surface area is 111 Å². The SMILES string of the molecule is O=C(COCC1CCCCC1)c1ccc(F)cc1F. The van der Waals surface area contributed by atoms with Crippen molar-refractivity contribution in [2.45, 2.75) is 32.1 Å². The molecule has 19 heavy (non-hydrogen) atoms. The highest BCUT2D eigenvalue weighted by Crippen LogP contribution is 2.23. The number of rotatable bonds is 5. The van der Waals surface area contributed by atoms with Crippen molar-refractivity contribution in [3.8, 4) is 0 Å². The van der Waals surface area contributed by atoms with Gasteiger partial charge >= 0.3 is 0 Å². The first kappa shape index (κ1) is 14.1. The minimum absolute atomic E-state index is 0.106. The molecule has 0 bridgehead atoms. The molecule has 0 N–H and O–H groups in total. The third-order valence-electron chi connectivity index (χ3n) is 3.54. The Hall–Kier alpha value is -1.29. The molecule has 0 unspecified atom stereocenters. The van der Waals surface area contributed by atoms with Crippen molar-refractivity contribution in [3.63, 3.8) is 0 Å². The molecule has 1 aliphatic carbocycles. The van der Waals surface area contributed by atoms with Gasteiger partial charge in [-0.3, -0.25) is 4.79 Å². The molecule has 0 aromatic heterocycles. The summed E-state index contributed by atoms with van der Waals surface area (Å²) < 4.78 is 31.5. The molecule has 4 heteroatoms. The number of halogens is 2. The number of carbonyl (C=O) groups is 1. The van der Waals surface area contributed by atoms with E-state index in [-0.39, 0.29) is 12.2 Å². The third-order valence-corrected chi connectivity index (χ3v) is 3.54. The summed E-state index contributed by atoms with van der Waals surface area (Å²) in [5.74, 6) is -1.43. The van der Waals surface area contributed by atoms with Gasteiger partial charge in [-0.15, -0.1) is 0 Å². The predicted octanol–water partition coefficient (Wildman–Crippen LogP) is 3.74. The molecule has 1 aromatic rings. The van der Waals surface area contributed by atoms with Gasteiger partial charge in [0.2, 0.25) is 0 Å². The fraction of sp³-hybridized carbons (Fsp3) is 0.533. The molecule has 1 fully saturated rings. The van der Waals surface area contributed by atoms with E-state index in [0.717, 1.165) is 25.0 Å². The van der Waals surface area contributed by atoms with Crippen LogP contribution in [0, 0.1) is 17.6 Å². The van der Waals surface area contributed by atoms with Gasteiger partial charge in [0, 0.05) is 6.07 Å². The van der Waals surface area contributed by atoms with E-state index in [1.807, 2.05) is 0 Å². The molecule has 2 rings (SSSR count). The normalized spacial score (nSPS) is 16.5. The van der Waals surface area contributed by atoms with Crippen molar-refractivity contribution >= 4 is 5.78 Å². The summed E-state index contributed by atoms with van der Waals surface area (Å²) in [6.07, 6.45) is 5.98. The van der Waals surface area contributed by atoms with Gasteiger partial charge in [-0.25, -0.2) is 8.78 Å². The molecule has 2 nitrogen and oxygen atoms in total. The maximum Gasteiger partial charge on any atom is 0.191 e. The summed E-state index contributed by atoms with van der Waals surface area (Å²) in [6.45, 7) is 0.410. The molecule has 0 heterocycles. The lowest BCUT2D eigenvalue weighted by Crippen LogP contribution is -2.17. The maximum atomic E-state index is 13.4. The lowest BCUT2D eigenvalue weighted by atomic mass is 9.90. The van der Waals surface area contributed by atoms with E-state index in [1.165, 1.54) is 19.3 Å². The Morgan fingerprint density at radius 2 is 1.95 bits per heavy atom. The van der Waals surface area contributed by atoms with Crippen molar-refractivity contribution in [2.24, 2.45) is 5.92 Å². The lowest BCUT2D eigenvalue weighted by molar-refractivity contribution is 0.0625. The molecular formula is C15H18F2O2. The number of carbonyl (C=O) groups excluding carboxylic acids is 1. The highest BCUT2D eigenvalue weighted by atomic mass is 19.1. The van der Waals surface area contributed by atoms with Gasteiger partial charge in [0.15, 0.2) is 5.78 Å². The zero-order valence-electron chi connectivity index (χ0n) is 10.8. The second-order valence-corrected chi connectivity index (χ2v) is 5.07. The number of benzene rings is 1.